The van der Waals surface area contributed by atoms with E-state index in [1.165, 1.54) is 11.3 Å². The Morgan fingerprint density at radius 2 is 2.29 bits per heavy atom. The second-order valence-corrected chi connectivity index (χ2v) is 4.88. The van der Waals surface area contributed by atoms with Crippen molar-refractivity contribution in [2.24, 2.45) is 0 Å². The SMILES string of the molecule is COc1cccnc1C(O)c1scc(C)c1Cl. The van der Waals surface area contributed by atoms with Crippen molar-refractivity contribution >= 4 is 22.9 Å². The molecule has 1 atom stereocenters. The lowest BCUT2D eigenvalue weighted by molar-refractivity contribution is 0.213. The molecule has 0 spiro atoms. The maximum atomic E-state index is 10.3. The van der Waals surface area contributed by atoms with Gasteiger partial charge in [0.25, 0.3) is 0 Å². The molecule has 2 aromatic heterocycles. The molecule has 0 radical (unpaired) electrons. The summed E-state index contributed by atoms with van der Waals surface area (Å²) in [6.07, 6.45) is 0.771. The summed E-state index contributed by atoms with van der Waals surface area (Å²) in [6, 6.07) is 3.52. The molecule has 0 aliphatic carbocycles. The van der Waals surface area contributed by atoms with Gasteiger partial charge in [-0.15, -0.1) is 11.3 Å². The highest BCUT2D eigenvalue weighted by molar-refractivity contribution is 7.10. The summed E-state index contributed by atoms with van der Waals surface area (Å²) in [7, 11) is 1.55. The summed E-state index contributed by atoms with van der Waals surface area (Å²) in [5.74, 6) is 0.558. The summed E-state index contributed by atoms with van der Waals surface area (Å²) in [6.45, 7) is 1.91. The van der Waals surface area contributed by atoms with E-state index in [-0.39, 0.29) is 0 Å². The molecule has 0 aromatic carbocycles. The number of aliphatic hydroxyl groups excluding tert-OH is 1. The van der Waals surface area contributed by atoms with Crippen LogP contribution in [0.25, 0.3) is 0 Å². The van der Waals surface area contributed by atoms with Crippen LogP contribution in [0.1, 0.15) is 22.2 Å². The van der Waals surface area contributed by atoms with E-state index in [1.807, 2.05) is 12.3 Å². The minimum absolute atomic E-state index is 0.485. The number of rotatable bonds is 3. The number of ether oxygens (including phenoxy) is 1. The van der Waals surface area contributed by atoms with E-state index in [0.717, 1.165) is 5.56 Å². The van der Waals surface area contributed by atoms with Crippen LogP contribution in [0, 0.1) is 6.92 Å². The molecule has 2 rings (SSSR count). The van der Waals surface area contributed by atoms with Gasteiger partial charge >= 0.3 is 0 Å². The van der Waals surface area contributed by atoms with Crippen molar-refractivity contribution in [3.05, 3.63) is 44.9 Å². The van der Waals surface area contributed by atoms with Crippen LogP contribution in [0.4, 0.5) is 0 Å². The van der Waals surface area contributed by atoms with Gasteiger partial charge in [0.05, 0.1) is 17.0 Å². The zero-order valence-electron chi connectivity index (χ0n) is 9.48. The third kappa shape index (κ3) is 2.29. The first-order valence-electron chi connectivity index (χ1n) is 5.05. The molecule has 0 saturated heterocycles. The lowest BCUT2D eigenvalue weighted by atomic mass is 10.1. The largest absolute Gasteiger partial charge is 0.495 e. The third-order valence-corrected chi connectivity index (χ3v) is 4.22. The van der Waals surface area contributed by atoms with Gasteiger partial charge in [-0.3, -0.25) is 4.98 Å². The van der Waals surface area contributed by atoms with Crippen LogP contribution in [0.15, 0.2) is 23.7 Å². The van der Waals surface area contributed by atoms with E-state index in [9.17, 15) is 5.11 Å². The monoisotopic (exact) mass is 269 g/mol. The Labute approximate surface area is 109 Å². The Morgan fingerprint density at radius 1 is 1.53 bits per heavy atom. The number of thiophene rings is 1. The molecule has 90 valence electrons. The molecule has 2 heterocycles. The van der Waals surface area contributed by atoms with Crippen LogP contribution in [-0.2, 0) is 0 Å². The fraction of sp³-hybridized carbons (Fsp3) is 0.250. The van der Waals surface area contributed by atoms with Crippen LogP contribution in [0.5, 0.6) is 5.75 Å². The van der Waals surface area contributed by atoms with E-state index < -0.39 is 6.10 Å². The van der Waals surface area contributed by atoms with Crippen molar-refractivity contribution in [2.45, 2.75) is 13.0 Å². The summed E-state index contributed by atoms with van der Waals surface area (Å²) in [5, 5.41) is 12.8. The summed E-state index contributed by atoms with van der Waals surface area (Å²) >= 11 is 7.55. The predicted octanol–water partition coefficient (Wildman–Crippen LogP) is 3.20. The Morgan fingerprint density at radius 3 is 2.88 bits per heavy atom. The van der Waals surface area contributed by atoms with Gasteiger partial charge in [0, 0.05) is 6.20 Å². The molecule has 3 nitrogen and oxygen atoms in total. The number of methoxy groups -OCH3 is 1. The molecule has 0 aliphatic rings. The molecule has 0 saturated carbocycles. The van der Waals surface area contributed by atoms with E-state index in [2.05, 4.69) is 4.98 Å². The van der Waals surface area contributed by atoms with Gasteiger partial charge < -0.3 is 9.84 Å². The zero-order valence-corrected chi connectivity index (χ0v) is 11.0. The fourth-order valence-corrected chi connectivity index (χ4v) is 2.82. The minimum atomic E-state index is -0.850. The average molecular weight is 270 g/mol. The van der Waals surface area contributed by atoms with Crippen LogP contribution >= 0.6 is 22.9 Å². The number of nitrogens with zero attached hydrogens (tertiary/aromatic N) is 1. The summed E-state index contributed by atoms with van der Waals surface area (Å²) in [4.78, 5) is 4.84. The molecule has 2 aromatic rings. The van der Waals surface area contributed by atoms with Gasteiger partial charge in [-0.25, -0.2) is 0 Å². The number of aryl methyl sites for hydroxylation is 1. The number of hydrogen-bond acceptors (Lipinski definition) is 4. The molecule has 1 unspecified atom stereocenters. The molecular weight excluding hydrogens is 258 g/mol. The minimum Gasteiger partial charge on any atom is -0.495 e. The quantitative estimate of drug-likeness (QED) is 0.930. The third-order valence-electron chi connectivity index (χ3n) is 2.45. The fourth-order valence-electron chi connectivity index (χ4n) is 1.54. The number of pyridine rings is 1. The first kappa shape index (κ1) is 12.4. The highest BCUT2D eigenvalue weighted by Gasteiger charge is 2.21. The smallest absolute Gasteiger partial charge is 0.143 e. The van der Waals surface area contributed by atoms with Crippen molar-refractivity contribution in [3.63, 3.8) is 0 Å². The van der Waals surface area contributed by atoms with E-state index >= 15 is 0 Å². The first-order valence-corrected chi connectivity index (χ1v) is 6.31. The van der Waals surface area contributed by atoms with Crippen LogP contribution in [-0.4, -0.2) is 17.2 Å². The predicted molar refractivity (Wildman–Crippen MR) is 68.9 cm³/mol. The van der Waals surface area contributed by atoms with Crippen molar-refractivity contribution in [2.75, 3.05) is 7.11 Å². The van der Waals surface area contributed by atoms with Crippen molar-refractivity contribution in [3.8, 4) is 5.75 Å². The number of halogens is 1. The second-order valence-electron chi connectivity index (χ2n) is 3.59. The maximum absolute atomic E-state index is 10.3. The second kappa shape index (κ2) is 5.04. The molecule has 0 fully saturated rings. The molecule has 17 heavy (non-hydrogen) atoms. The van der Waals surface area contributed by atoms with Crippen molar-refractivity contribution in [1.82, 2.24) is 4.98 Å². The molecular formula is C12H12ClNO2S. The van der Waals surface area contributed by atoms with Crippen LogP contribution in [0.3, 0.4) is 0 Å². The highest BCUT2D eigenvalue weighted by atomic mass is 35.5. The van der Waals surface area contributed by atoms with Crippen molar-refractivity contribution in [1.29, 1.82) is 0 Å². The Kier molecular flexibility index (Phi) is 3.66. The van der Waals surface area contributed by atoms with Gasteiger partial charge in [0.15, 0.2) is 0 Å². The summed E-state index contributed by atoms with van der Waals surface area (Å²) < 4.78 is 5.17. The molecule has 1 N–H and O–H groups in total. The lowest BCUT2D eigenvalue weighted by Gasteiger charge is -2.12. The molecule has 5 heteroatoms. The van der Waals surface area contributed by atoms with Crippen LogP contribution < -0.4 is 4.74 Å². The normalized spacial score (nSPS) is 12.5. The number of aliphatic hydroxyl groups is 1. The van der Waals surface area contributed by atoms with Crippen LogP contribution in [0.2, 0.25) is 5.02 Å². The Balaban J connectivity index is 2.43. The maximum Gasteiger partial charge on any atom is 0.143 e. The highest BCUT2D eigenvalue weighted by Crippen LogP contribution is 2.37. The summed E-state index contributed by atoms with van der Waals surface area (Å²) in [5.41, 5.74) is 1.44. The first-order chi connectivity index (χ1) is 8.15. The topological polar surface area (TPSA) is 42.4 Å². The van der Waals surface area contributed by atoms with Gasteiger partial charge in [-0.2, -0.15) is 0 Å². The van der Waals surface area contributed by atoms with E-state index in [4.69, 9.17) is 16.3 Å². The van der Waals surface area contributed by atoms with Crippen molar-refractivity contribution < 1.29 is 9.84 Å². The standard InChI is InChI=1S/C12H12ClNO2S/c1-7-6-17-12(9(7)13)11(15)10-8(16-2)4-3-5-14-10/h3-6,11,15H,1-2H3. The number of aromatic nitrogens is 1. The molecule has 0 bridgehead atoms. The average Bonchev–Trinajstić information content (AvgIpc) is 2.69. The van der Waals surface area contributed by atoms with Gasteiger partial charge in [0.2, 0.25) is 0 Å². The number of hydrogen-bond donors (Lipinski definition) is 1. The van der Waals surface area contributed by atoms with Gasteiger partial charge in [0.1, 0.15) is 17.5 Å². The van der Waals surface area contributed by atoms with E-state index in [0.29, 0.717) is 21.3 Å². The van der Waals surface area contributed by atoms with E-state index in [1.54, 1.807) is 25.4 Å². The lowest BCUT2D eigenvalue weighted by Crippen LogP contribution is -2.03. The zero-order chi connectivity index (χ0) is 12.4. The van der Waals surface area contributed by atoms with Gasteiger partial charge in [-0.05, 0) is 30.0 Å². The Bertz CT molecular complexity index is 527. The Hall–Kier alpha value is -1.10. The molecule has 0 amide bonds. The molecule has 0 aliphatic heterocycles. The van der Waals surface area contributed by atoms with Gasteiger partial charge in [-0.1, -0.05) is 11.6 Å².